The molecule has 1 N–H and O–H groups in total. The summed E-state index contributed by atoms with van der Waals surface area (Å²) in [4.78, 5) is 4.33. The molecule has 0 saturated carbocycles. The predicted octanol–water partition coefficient (Wildman–Crippen LogP) is 4.72. The highest BCUT2D eigenvalue weighted by Crippen LogP contribution is 2.35. The van der Waals surface area contributed by atoms with E-state index in [1.807, 2.05) is 60.7 Å². The number of pyridine rings is 1. The van der Waals surface area contributed by atoms with Gasteiger partial charge in [-0.1, -0.05) is 52.3 Å². The third-order valence-electron chi connectivity index (χ3n) is 3.89. The van der Waals surface area contributed by atoms with E-state index in [1.54, 1.807) is 13.3 Å². The molecule has 4 nitrogen and oxygen atoms in total. The molecule has 0 bridgehead atoms. The van der Waals surface area contributed by atoms with Crippen molar-refractivity contribution in [3.05, 3.63) is 88.2 Å². The van der Waals surface area contributed by atoms with Crippen LogP contribution < -0.4 is 14.8 Å². The fourth-order valence-electron chi connectivity index (χ4n) is 2.63. The molecule has 0 saturated heterocycles. The second kappa shape index (κ2) is 9.36. The van der Waals surface area contributed by atoms with Crippen LogP contribution in [-0.2, 0) is 19.7 Å². The van der Waals surface area contributed by atoms with Crippen molar-refractivity contribution in [3.8, 4) is 11.5 Å². The molecule has 3 rings (SSSR count). The zero-order valence-electron chi connectivity index (χ0n) is 14.6. The van der Waals surface area contributed by atoms with Crippen molar-refractivity contribution < 1.29 is 9.47 Å². The van der Waals surface area contributed by atoms with Crippen molar-refractivity contribution in [3.63, 3.8) is 0 Å². The molecule has 0 atom stereocenters. The van der Waals surface area contributed by atoms with Gasteiger partial charge in [-0.05, 0) is 29.8 Å². The van der Waals surface area contributed by atoms with Crippen LogP contribution in [0.1, 0.15) is 16.8 Å². The number of ether oxygens (including phenoxy) is 2. The first kappa shape index (κ1) is 18.4. The monoisotopic (exact) mass is 412 g/mol. The molecule has 1 aromatic heterocycles. The Balaban J connectivity index is 1.73. The molecule has 5 heteroatoms. The summed E-state index contributed by atoms with van der Waals surface area (Å²) in [6, 6.07) is 20.0. The van der Waals surface area contributed by atoms with E-state index >= 15 is 0 Å². The van der Waals surface area contributed by atoms with E-state index in [4.69, 9.17) is 9.47 Å². The Morgan fingerprint density at radius 2 is 1.81 bits per heavy atom. The standard InChI is InChI=1S/C21H21BrN2O2/c1-25-20-12-18(22)11-17(13-23-14-19-9-5-6-10-24-19)21(20)26-15-16-7-3-2-4-8-16/h2-12,23H,13-15H2,1H3. The van der Waals surface area contributed by atoms with Gasteiger partial charge >= 0.3 is 0 Å². The number of nitrogens with zero attached hydrogens (tertiary/aromatic N) is 1. The second-order valence-corrected chi connectivity index (χ2v) is 6.71. The van der Waals surface area contributed by atoms with Crippen LogP contribution in [0.4, 0.5) is 0 Å². The smallest absolute Gasteiger partial charge is 0.166 e. The number of hydrogen-bond acceptors (Lipinski definition) is 4. The van der Waals surface area contributed by atoms with E-state index in [9.17, 15) is 0 Å². The van der Waals surface area contributed by atoms with Crippen molar-refractivity contribution in [2.45, 2.75) is 19.7 Å². The van der Waals surface area contributed by atoms with Gasteiger partial charge < -0.3 is 14.8 Å². The van der Waals surface area contributed by atoms with Crippen molar-refractivity contribution in [1.29, 1.82) is 0 Å². The lowest BCUT2D eigenvalue weighted by molar-refractivity contribution is 0.280. The third kappa shape index (κ3) is 5.07. The first-order valence-corrected chi connectivity index (χ1v) is 9.19. The molecule has 0 aliphatic heterocycles. The molecule has 0 fully saturated rings. The van der Waals surface area contributed by atoms with E-state index in [0.29, 0.717) is 25.4 Å². The first-order chi connectivity index (χ1) is 12.8. The van der Waals surface area contributed by atoms with Crippen molar-refractivity contribution in [2.75, 3.05) is 7.11 Å². The summed E-state index contributed by atoms with van der Waals surface area (Å²) >= 11 is 3.55. The minimum Gasteiger partial charge on any atom is -0.493 e. The molecule has 1 heterocycles. The summed E-state index contributed by atoms with van der Waals surface area (Å²) in [5, 5.41) is 3.42. The van der Waals surface area contributed by atoms with Crippen molar-refractivity contribution in [2.24, 2.45) is 0 Å². The van der Waals surface area contributed by atoms with Crippen LogP contribution in [0.3, 0.4) is 0 Å². The van der Waals surface area contributed by atoms with E-state index in [1.165, 1.54) is 0 Å². The molecule has 3 aromatic rings. The number of aromatic nitrogens is 1. The van der Waals surface area contributed by atoms with Gasteiger partial charge in [-0.2, -0.15) is 0 Å². The van der Waals surface area contributed by atoms with Gasteiger partial charge in [0.25, 0.3) is 0 Å². The van der Waals surface area contributed by atoms with Gasteiger partial charge in [-0.15, -0.1) is 0 Å². The van der Waals surface area contributed by atoms with E-state index in [0.717, 1.165) is 27.0 Å². The normalized spacial score (nSPS) is 10.5. The van der Waals surface area contributed by atoms with Gasteiger partial charge in [-0.3, -0.25) is 4.98 Å². The lowest BCUT2D eigenvalue weighted by Crippen LogP contribution is -2.15. The summed E-state index contributed by atoms with van der Waals surface area (Å²) in [5.74, 6) is 1.47. The van der Waals surface area contributed by atoms with Crippen molar-refractivity contribution in [1.82, 2.24) is 10.3 Å². The topological polar surface area (TPSA) is 43.4 Å². The minimum atomic E-state index is 0.492. The molecule has 0 aliphatic carbocycles. The van der Waals surface area contributed by atoms with Crippen LogP contribution in [0.5, 0.6) is 11.5 Å². The maximum Gasteiger partial charge on any atom is 0.166 e. The molecule has 0 radical (unpaired) electrons. The van der Waals surface area contributed by atoms with Crippen LogP contribution in [0, 0.1) is 0 Å². The molecule has 0 aliphatic rings. The Morgan fingerprint density at radius 3 is 2.54 bits per heavy atom. The first-order valence-electron chi connectivity index (χ1n) is 8.40. The van der Waals surface area contributed by atoms with Crippen LogP contribution in [-0.4, -0.2) is 12.1 Å². The Morgan fingerprint density at radius 1 is 1.00 bits per heavy atom. The number of rotatable bonds is 8. The number of methoxy groups -OCH3 is 1. The fourth-order valence-corrected chi connectivity index (χ4v) is 3.11. The molecule has 0 amide bonds. The van der Waals surface area contributed by atoms with Crippen LogP contribution in [0.15, 0.2) is 71.3 Å². The third-order valence-corrected chi connectivity index (χ3v) is 4.35. The Labute approximate surface area is 162 Å². The van der Waals surface area contributed by atoms with E-state index in [-0.39, 0.29) is 0 Å². The Kier molecular flexibility index (Phi) is 6.63. The van der Waals surface area contributed by atoms with Crippen LogP contribution >= 0.6 is 15.9 Å². The van der Waals surface area contributed by atoms with Gasteiger partial charge in [-0.25, -0.2) is 0 Å². The predicted molar refractivity (Wildman–Crippen MR) is 106 cm³/mol. The number of benzene rings is 2. The zero-order valence-corrected chi connectivity index (χ0v) is 16.2. The second-order valence-electron chi connectivity index (χ2n) is 5.80. The van der Waals surface area contributed by atoms with Gasteiger partial charge in [0, 0.05) is 29.3 Å². The van der Waals surface area contributed by atoms with Gasteiger partial charge in [0.05, 0.1) is 12.8 Å². The summed E-state index contributed by atoms with van der Waals surface area (Å²) in [6.07, 6.45) is 1.80. The molecular weight excluding hydrogens is 392 g/mol. The number of halogens is 1. The molecule has 0 spiro atoms. The van der Waals surface area contributed by atoms with Crippen molar-refractivity contribution >= 4 is 15.9 Å². The van der Waals surface area contributed by atoms with Gasteiger partial charge in [0.2, 0.25) is 0 Å². The lowest BCUT2D eigenvalue weighted by Gasteiger charge is -2.16. The van der Waals surface area contributed by atoms with E-state index in [2.05, 4.69) is 26.2 Å². The molecule has 134 valence electrons. The SMILES string of the molecule is COc1cc(Br)cc(CNCc2ccccn2)c1OCc1ccccc1. The molecule has 0 unspecified atom stereocenters. The number of nitrogens with one attached hydrogen (secondary N) is 1. The molecule has 2 aromatic carbocycles. The quantitative estimate of drug-likeness (QED) is 0.580. The maximum atomic E-state index is 6.10. The summed E-state index contributed by atoms with van der Waals surface area (Å²) in [6.45, 7) is 1.83. The largest absolute Gasteiger partial charge is 0.493 e. The summed E-state index contributed by atoms with van der Waals surface area (Å²) in [5.41, 5.74) is 3.15. The van der Waals surface area contributed by atoms with Gasteiger partial charge in [0.15, 0.2) is 11.5 Å². The Bertz CT molecular complexity index is 826. The van der Waals surface area contributed by atoms with Crippen LogP contribution in [0.25, 0.3) is 0 Å². The zero-order chi connectivity index (χ0) is 18.2. The lowest BCUT2D eigenvalue weighted by atomic mass is 10.1. The average molecular weight is 413 g/mol. The molecule has 26 heavy (non-hydrogen) atoms. The maximum absolute atomic E-state index is 6.10. The molecular formula is C21H21BrN2O2. The number of hydrogen-bond donors (Lipinski definition) is 1. The minimum absolute atomic E-state index is 0.492. The van der Waals surface area contributed by atoms with Gasteiger partial charge in [0.1, 0.15) is 6.61 Å². The summed E-state index contributed by atoms with van der Waals surface area (Å²) in [7, 11) is 1.66. The fraction of sp³-hybridized carbons (Fsp3) is 0.190. The average Bonchev–Trinajstić information content (AvgIpc) is 2.68. The highest BCUT2D eigenvalue weighted by atomic mass is 79.9. The Hall–Kier alpha value is -2.37. The van der Waals surface area contributed by atoms with E-state index < -0.39 is 0 Å². The van der Waals surface area contributed by atoms with Crippen LogP contribution in [0.2, 0.25) is 0 Å². The summed E-state index contributed by atoms with van der Waals surface area (Å²) < 4.78 is 12.6. The highest BCUT2D eigenvalue weighted by Gasteiger charge is 2.13. The highest BCUT2D eigenvalue weighted by molar-refractivity contribution is 9.10.